The van der Waals surface area contributed by atoms with Gasteiger partial charge in [-0.05, 0) is 25.5 Å². The molecule has 0 saturated heterocycles. The SMILES string of the molecule is CC[C@@H]1Oc2ccccc2C(=O)N(CC(=O)c2ccc(C)cc2)C1=O. The van der Waals surface area contributed by atoms with Gasteiger partial charge in [0.25, 0.3) is 11.8 Å². The fourth-order valence-electron chi connectivity index (χ4n) is 2.75. The number of Topliss-reactive ketones (excluding diaryl/α,β-unsaturated/α-hetero) is 1. The zero-order valence-electron chi connectivity index (χ0n) is 14.2. The van der Waals surface area contributed by atoms with Gasteiger partial charge in [0.1, 0.15) is 5.75 Å². The van der Waals surface area contributed by atoms with Crippen LogP contribution in [0.15, 0.2) is 48.5 Å². The molecular formula is C20H19NO4. The summed E-state index contributed by atoms with van der Waals surface area (Å²) in [6, 6.07) is 13.8. The summed E-state index contributed by atoms with van der Waals surface area (Å²) in [6.45, 7) is 3.44. The lowest BCUT2D eigenvalue weighted by Gasteiger charge is -2.21. The first-order valence-corrected chi connectivity index (χ1v) is 8.22. The quantitative estimate of drug-likeness (QED) is 0.635. The van der Waals surface area contributed by atoms with Gasteiger partial charge in [0, 0.05) is 5.56 Å². The van der Waals surface area contributed by atoms with E-state index in [1.54, 1.807) is 43.3 Å². The average Bonchev–Trinajstić information content (AvgIpc) is 2.72. The van der Waals surface area contributed by atoms with Crippen LogP contribution >= 0.6 is 0 Å². The molecule has 0 saturated carbocycles. The van der Waals surface area contributed by atoms with E-state index in [1.165, 1.54) is 0 Å². The van der Waals surface area contributed by atoms with Gasteiger partial charge in [-0.3, -0.25) is 19.3 Å². The number of benzene rings is 2. The van der Waals surface area contributed by atoms with Gasteiger partial charge < -0.3 is 4.74 Å². The standard InChI is InChI=1S/C20H19NO4/c1-3-17-20(24)21(12-16(22)14-10-8-13(2)9-11-14)19(23)15-6-4-5-7-18(15)25-17/h4-11,17H,3,12H2,1-2H3/t17-/m0/s1. The minimum absolute atomic E-state index is 0.282. The smallest absolute Gasteiger partial charge is 0.270 e. The van der Waals surface area contributed by atoms with Gasteiger partial charge in [0.15, 0.2) is 11.9 Å². The van der Waals surface area contributed by atoms with Crippen molar-refractivity contribution in [3.05, 3.63) is 65.2 Å². The van der Waals surface area contributed by atoms with Crippen molar-refractivity contribution >= 4 is 17.6 Å². The third-order valence-corrected chi connectivity index (χ3v) is 4.22. The van der Waals surface area contributed by atoms with E-state index < -0.39 is 17.9 Å². The fourth-order valence-corrected chi connectivity index (χ4v) is 2.75. The molecule has 1 atom stereocenters. The Bertz CT molecular complexity index is 826. The topological polar surface area (TPSA) is 63.7 Å². The molecule has 2 aromatic rings. The number of aryl methyl sites for hydroxylation is 1. The number of hydrogen-bond acceptors (Lipinski definition) is 4. The van der Waals surface area contributed by atoms with Crippen molar-refractivity contribution in [2.45, 2.75) is 26.4 Å². The number of hydrogen-bond donors (Lipinski definition) is 0. The number of para-hydroxylation sites is 1. The van der Waals surface area contributed by atoms with Gasteiger partial charge in [-0.25, -0.2) is 0 Å². The predicted octanol–water partition coefficient (Wildman–Crippen LogP) is 3.02. The van der Waals surface area contributed by atoms with Crippen LogP contribution in [0, 0.1) is 6.92 Å². The first-order chi connectivity index (χ1) is 12.0. The van der Waals surface area contributed by atoms with E-state index in [2.05, 4.69) is 0 Å². The molecule has 128 valence electrons. The highest BCUT2D eigenvalue weighted by molar-refractivity contribution is 6.12. The van der Waals surface area contributed by atoms with Crippen LogP contribution in [0.2, 0.25) is 0 Å². The molecule has 5 nitrogen and oxygen atoms in total. The second kappa shape index (κ2) is 6.89. The van der Waals surface area contributed by atoms with Crippen LogP contribution in [0.1, 0.15) is 39.6 Å². The van der Waals surface area contributed by atoms with E-state index in [1.807, 2.05) is 19.1 Å². The molecule has 5 heteroatoms. The van der Waals surface area contributed by atoms with Crippen molar-refractivity contribution in [3.63, 3.8) is 0 Å². The molecule has 0 radical (unpaired) electrons. The second-order valence-electron chi connectivity index (χ2n) is 6.03. The van der Waals surface area contributed by atoms with Crippen molar-refractivity contribution < 1.29 is 19.1 Å². The number of fused-ring (bicyclic) bond motifs is 1. The first-order valence-electron chi connectivity index (χ1n) is 8.22. The molecule has 0 spiro atoms. The third-order valence-electron chi connectivity index (χ3n) is 4.22. The minimum Gasteiger partial charge on any atom is -0.480 e. The first kappa shape index (κ1) is 16.9. The van der Waals surface area contributed by atoms with Crippen molar-refractivity contribution in [2.75, 3.05) is 6.54 Å². The molecule has 0 unspecified atom stereocenters. The Balaban J connectivity index is 1.93. The highest BCUT2D eigenvalue weighted by atomic mass is 16.5. The van der Waals surface area contributed by atoms with Crippen molar-refractivity contribution in [1.29, 1.82) is 0 Å². The van der Waals surface area contributed by atoms with Crippen LogP contribution in [0.25, 0.3) is 0 Å². The maximum atomic E-state index is 12.8. The summed E-state index contributed by atoms with van der Waals surface area (Å²) in [4.78, 5) is 39.1. The van der Waals surface area contributed by atoms with Crippen molar-refractivity contribution in [3.8, 4) is 5.75 Å². The molecule has 3 rings (SSSR count). The number of imide groups is 1. The molecule has 0 N–H and O–H groups in total. The number of nitrogens with zero attached hydrogens (tertiary/aromatic N) is 1. The molecule has 0 aliphatic carbocycles. The van der Waals surface area contributed by atoms with Gasteiger partial charge in [0.05, 0.1) is 12.1 Å². The second-order valence-corrected chi connectivity index (χ2v) is 6.03. The predicted molar refractivity (Wildman–Crippen MR) is 92.7 cm³/mol. The Morgan fingerprint density at radius 1 is 1.08 bits per heavy atom. The third kappa shape index (κ3) is 3.31. The molecule has 0 aromatic heterocycles. The van der Waals surface area contributed by atoms with Gasteiger partial charge in [-0.1, -0.05) is 48.9 Å². The van der Waals surface area contributed by atoms with Crippen LogP contribution in [0.3, 0.4) is 0 Å². The number of rotatable bonds is 4. The Morgan fingerprint density at radius 2 is 1.76 bits per heavy atom. The summed E-state index contributed by atoms with van der Waals surface area (Å²) in [7, 11) is 0. The number of ether oxygens (including phenoxy) is 1. The highest BCUT2D eigenvalue weighted by Gasteiger charge is 2.36. The lowest BCUT2D eigenvalue weighted by atomic mass is 10.1. The number of carbonyl (C=O) groups is 3. The van der Waals surface area contributed by atoms with Gasteiger partial charge in [-0.15, -0.1) is 0 Å². The summed E-state index contributed by atoms with van der Waals surface area (Å²) in [5.41, 5.74) is 1.80. The fraction of sp³-hybridized carbons (Fsp3) is 0.250. The van der Waals surface area contributed by atoms with Gasteiger partial charge in [-0.2, -0.15) is 0 Å². The molecule has 2 aromatic carbocycles. The zero-order valence-corrected chi connectivity index (χ0v) is 14.2. The average molecular weight is 337 g/mol. The zero-order chi connectivity index (χ0) is 18.0. The Labute approximate surface area is 146 Å². The maximum Gasteiger partial charge on any atom is 0.270 e. The van der Waals surface area contributed by atoms with E-state index in [0.717, 1.165) is 10.5 Å². The molecular weight excluding hydrogens is 318 g/mol. The highest BCUT2D eigenvalue weighted by Crippen LogP contribution is 2.26. The van der Waals surface area contributed by atoms with Crippen molar-refractivity contribution in [2.24, 2.45) is 0 Å². The lowest BCUT2D eigenvalue weighted by molar-refractivity contribution is -0.135. The Hall–Kier alpha value is -2.95. The van der Waals surface area contributed by atoms with E-state index in [9.17, 15) is 14.4 Å². The van der Waals surface area contributed by atoms with E-state index in [0.29, 0.717) is 23.3 Å². The number of ketones is 1. The summed E-state index contributed by atoms with van der Waals surface area (Å²) >= 11 is 0. The Kier molecular flexibility index (Phi) is 4.65. The van der Waals surface area contributed by atoms with E-state index in [4.69, 9.17) is 4.74 Å². The number of amides is 2. The largest absolute Gasteiger partial charge is 0.480 e. The molecule has 1 heterocycles. The monoisotopic (exact) mass is 337 g/mol. The lowest BCUT2D eigenvalue weighted by Crippen LogP contribution is -2.45. The van der Waals surface area contributed by atoms with E-state index >= 15 is 0 Å². The Morgan fingerprint density at radius 3 is 2.44 bits per heavy atom. The van der Waals surface area contributed by atoms with Crippen LogP contribution in [0.5, 0.6) is 5.75 Å². The van der Waals surface area contributed by atoms with Gasteiger partial charge in [0.2, 0.25) is 0 Å². The summed E-state index contributed by atoms with van der Waals surface area (Å²) in [5, 5.41) is 0. The van der Waals surface area contributed by atoms with Gasteiger partial charge >= 0.3 is 0 Å². The molecule has 0 bridgehead atoms. The molecule has 25 heavy (non-hydrogen) atoms. The molecule has 0 fully saturated rings. The van der Waals surface area contributed by atoms with E-state index in [-0.39, 0.29) is 12.3 Å². The van der Waals surface area contributed by atoms with Crippen LogP contribution in [-0.2, 0) is 4.79 Å². The summed E-state index contributed by atoms with van der Waals surface area (Å²) in [6.07, 6.45) is -0.367. The van der Waals surface area contributed by atoms with Crippen molar-refractivity contribution in [1.82, 2.24) is 4.90 Å². The molecule has 1 aliphatic rings. The van der Waals surface area contributed by atoms with Crippen LogP contribution in [-0.4, -0.2) is 35.1 Å². The van der Waals surface area contributed by atoms with Crippen LogP contribution in [0.4, 0.5) is 0 Å². The molecule has 2 amide bonds. The number of carbonyl (C=O) groups excluding carboxylic acids is 3. The normalized spacial score (nSPS) is 16.9. The summed E-state index contributed by atoms with van der Waals surface area (Å²) in [5.74, 6) is -0.893. The molecule has 1 aliphatic heterocycles. The maximum absolute atomic E-state index is 12.8. The van der Waals surface area contributed by atoms with Crippen LogP contribution < -0.4 is 4.74 Å². The summed E-state index contributed by atoms with van der Waals surface area (Å²) < 4.78 is 5.70. The minimum atomic E-state index is -0.779.